The van der Waals surface area contributed by atoms with Crippen LogP contribution in [-0.4, -0.2) is 36.0 Å². The number of amides is 1. The molecule has 36 heavy (non-hydrogen) atoms. The number of aromatic amines is 1. The van der Waals surface area contributed by atoms with Crippen molar-refractivity contribution in [3.8, 4) is 0 Å². The van der Waals surface area contributed by atoms with Crippen molar-refractivity contribution in [2.75, 3.05) is 0 Å². The maximum Gasteiger partial charge on any atom is 0.416 e. The number of aromatic nitrogens is 5. The smallest absolute Gasteiger partial charge is 0.301 e. The van der Waals surface area contributed by atoms with Crippen molar-refractivity contribution in [3.05, 3.63) is 81.4 Å². The van der Waals surface area contributed by atoms with E-state index in [4.69, 9.17) is 0 Å². The van der Waals surface area contributed by atoms with Crippen LogP contribution in [-0.2, 0) is 24.1 Å². The highest BCUT2D eigenvalue weighted by molar-refractivity contribution is 8.18. The fourth-order valence-corrected chi connectivity index (χ4v) is 4.65. The van der Waals surface area contributed by atoms with E-state index in [2.05, 4.69) is 30.6 Å². The first-order valence-electron chi connectivity index (χ1n) is 10.9. The minimum atomic E-state index is -4.45. The summed E-state index contributed by atoms with van der Waals surface area (Å²) in [5, 5.41) is 15.0. The number of aryl methyl sites for hydroxylation is 2. The largest absolute Gasteiger partial charge is 0.416 e. The zero-order valence-corrected chi connectivity index (χ0v) is 20.0. The van der Waals surface area contributed by atoms with Gasteiger partial charge in [0.2, 0.25) is 0 Å². The Bertz CT molecular complexity index is 1530. The Morgan fingerprint density at radius 2 is 2.00 bits per heavy atom. The summed E-state index contributed by atoms with van der Waals surface area (Å²) >= 11 is 1.21. The zero-order valence-electron chi connectivity index (χ0n) is 19.2. The fraction of sp³-hybridized carbons (Fsp3) is 0.208. The Labute approximate surface area is 207 Å². The first kappa shape index (κ1) is 23.8. The first-order valence-corrected chi connectivity index (χ1v) is 11.7. The zero-order chi connectivity index (χ0) is 25.4. The molecule has 2 aromatic carbocycles. The Hall–Kier alpha value is -3.93. The maximum atomic E-state index is 13.5. The number of hydrogen-bond donors (Lipinski definition) is 2. The molecule has 0 aliphatic carbocycles. The van der Waals surface area contributed by atoms with E-state index in [-0.39, 0.29) is 24.6 Å². The molecular weight excluding hydrogens is 491 g/mol. The summed E-state index contributed by atoms with van der Waals surface area (Å²) in [6, 6.07) is 9.73. The predicted octanol–water partition coefficient (Wildman–Crippen LogP) is 4.60. The van der Waals surface area contributed by atoms with E-state index < -0.39 is 11.7 Å². The van der Waals surface area contributed by atoms with Gasteiger partial charge in [0, 0.05) is 5.39 Å². The number of benzene rings is 2. The quantitative estimate of drug-likeness (QED) is 0.382. The second kappa shape index (κ2) is 9.26. The molecule has 184 valence electrons. The normalized spacial score (nSPS) is 16.4. The van der Waals surface area contributed by atoms with Crippen molar-refractivity contribution >= 4 is 39.8 Å². The second-order valence-electron chi connectivity index (χ2n) is 8.30. The van der Waals surface area contributed by atoms with Gasteiger partial charge in [-0.2, -0.15) is 23.4 Å². The van der Waals surface area contributed by atoms with Gasteiger partial charge in [0.1, 0.15) is 12.4 Å². The molecule has 0 radical (unpaired) electrons. The van der Waals surface area contributed by atoms with E-state index in [1.165, 1.54) is 17.8 Å². The van der Waals surface area contributed by atoms with E-state index in [1.54, 1.807) is 49.0 Å². The average molecular weight is 512 g/mol. The van der Waals surface area contributed by atoms with Crippen molar-refractivity contribution in [3.63, 3.8) is 0 Å². The molecule has 8 nitrogen and oxygen atoms in total. The number of aliphatic imine (C=N–C) groups is 1. The second-order valence-corrected chi connectivity index (χ2v) is 9.33. The van der Waals surface area contributed by atoms with Gasteiger partial charge in [-0.3, -0.25) is 19.6 Å². The van der Waals surface area contributed by atoms with Crippen LogP contribution in [0.2, 0.25) is 0 Å². The molecule has 3 heterocycles. The molecule has 5 rings (SSSR count). The third-order valence-corrected chi connectivity index (χ3v) is 6.46. The first-order chi connectivity index (χ1) is 17.2. The molecule has 1 saturated heterocycles. The molecule has 0 bridgehead atoms. The number of rotatable bonds is 5. The summed E-state index contributed by atoms with van der Waals surface area (Å²) in [7, 11) is 0. The lowest BCUT2D eigenvalue weighted by atomic mass is 10.0. The number of H-pyrrole nitrogens is 1. The summed E-state index contributed by atoms with van der Waals surface area (Å²) in [5.41, 5.74) is 1.49. The molecule has 0 atom stereocenters. The fourth-order valence-electron chi connectivity index (χ4n) is 3.83. The van der Waals surface area contributed by atoms with E-state index in [9.17, 15) is 18.0 Å². The number of alkyl halides is 3. The van der Waals surface area contributed by atoms with Gasteiger partial charge < -0.3 is 5.32 Å². The minimum absolute atomic E-state index is 0.0124. The molecule has 0 saturated carbocycles. The minimum Gasteiger partial charge on any atom is -0.301 e. The number of amidine groups is 1. The number of nitrogens with one attached hydrogen (secondary N) is 2. The lowest BCUT2D eigenvalue weighted by Crippen LogP contribution is -2.19. The van der Waals surface area contributed by atoms with E-state index in [0.717, 1.165) is 17.0 Å². The molecule has 0 unspecified atom stereocenters. The van der Waals surface area contributed by atoms with Crippen molar-refractivity contribution in [2.45, 2.75) is 33.1 Å². The van der Waals surface area contributed by atoms with Crippen molar-refractivity contribution in [1.29, 1.82) is 0 Å². The maximum absolute atomic E-state index is 13.5. The number of carbonyl (C=O) groups excluding carboxylic acids is 1. The standard InChI is InChI=1S/C24H20F3N7OS/c1-13-3-5-16(18(7-13)24(25,26)27)12-34-19-6-4-15(8-17(19)10-29-34)9-20-22(35)31-23(36-20)28-11-21-30-14(2)32-33-21/h3-10H,11-12H2,1-2H3,(H,28,31,35)(H,30,32,33)/b20-9-. The molecule has 1 fully saturated rings. The molecule has 0 spiro atoms. The monoisotopic (exact) mass is 511 g/mol. The Kier molecular flexibility index (Phi) is 6.12. The molecule has 4 aromatic rings. The van der Waals surface area contributed by atoms with E-state index >= 15 is 0 Å². The van der Waals surface area contributed by atoms with Gasteiger partial charge in [-0.05, 0) is 61.0 Å². The lowest BCUT2D eigenvalue weighted by Gasteiger charge is -2.14. The topological polar surface area (TPSA) is 101 Å². The molecule has 2 N–H and O–H groups in total. The Morgan fingerprint density at radius 1 is 1.17 bits per heavy atom. The van der Waals surface area contributed by atoms with Crippen molar-refractivity contribution in [1.82, 2.24) is 30.3 Å². The third-order valence-electron chi connectivity index (χ3n) is 5.51. The van der Waals surface area contributed by atoms with Gasteiger partial charge in [0.15, 0.2) is 11.0 Å². The summed E-state index contributed by atoms with van der Waals surface area (Å²) in [6.07, 6.45) is -1.11. The molecule has 1 aliphatic heterocycles. The summed E-state index contributed by atoms with van der Waals surface area (Å²) in [4.78, 5) is 21.4. The summed E-state index contributed by atoms with van der Waals surface area (Å²) < 4.78 is 42.1. The highest BCUT2D eigenvalue weighted by atomic mass is 32.2. The van der Waals surface area contributed by atoms with E-state index in [1.807, 2.05) is 6.07 Å². The van der Waals surface area contributed by atoms with Gasteiger partial charge in [0.05, 0.1) is 28.7 Å². The van der Waals surface area contributed by atoms with Crippen LogP contribution < -0.4 is 5.32 Å². The van der Waals surface area contributed by atoms with Gasteiger partial charge in [-0.15, -0.1) is 0 Å². The number of carbonyl (C=O) groups is 1. The predicted molar refractivity (Wildman–Crippen MR) is 131 cm³/mol. The SMILES string of the molecule is Cc1ccc(Cn2ncc3cc(/C=C4\SC(=NCc5n[nH]c(C)n5)NC4=O)ccc32)c(C(F)(F)F)c1. The van der Waals surface area contributed by atoms with Crippen molar-refractivity contribution in [2.24, 2.45) is 4.99 Å². The highest BCUT2D eigenvalue weighted by Crippen LogP contribution is 2.33. The van der Waals surface area contributed by atoms with Crippen LogP contribution in [0.15, 0.2) is 52.5 Å². The van der Waals surface area contributed by atoms with Crippen LogP contribution in [0, 0.1) is 13.8 Å². The van der Waals surface area contributed by atoms with Crippen LogP contribution in [0.3, 0.4) is 0 Å². The van der Waals surface area contributed by atoms with Gasteiger partial charge >= 0.3 is 6.18 Å². The van der Waals surface area contributed by atoms with Gasteiger partial charge in [0.25, 0.3) is 5.91 Å². The molecule has 1 aliphatic rings. The van der Waals surface area contributed by atoms with Crippen molar-refractivity contribution < 1.29 is 18.0 Å². The van der Waals surface area contributed by atoms with Crippen LogP contribution in [0.5, 0.6) is 0 Å². The number of halogens is 3. The van der Waals surface area contributed by atoms with Crippen LogP contribution in [0.4, 0.5) is 13.2 Å². The molecular formula is C24H20F3N7OS. The number of thioether (sulfide) groups is 1. The van der Waals surface area contributed by atoms with Crippen LogP contribution >= 0.6 is 11.8 Å². The third kappa shape index (κ3) is 5.03. The highest BCUT2D eigenvalue weighted by Gasteiger charge is 2.33. The molecule has 12 heteroatoms. The van der Waals surface area contributed by atoms with E-state index in [0.29, 0.717) is 32.8 Å². The number of hydrogen-bond acceptors (Lipinski definition) is 6. The Morgan fingerprint density at radius 3 is 2.75 bits per heavy atom. The van der Waals surface area contributed by atoms with Gasteiger partial charge in [-0.25, -0.2) is 4.98 Å². The van der Waals surface area contributed by atoms with Crippen LogP contribution in [0.25, 0.3) is 17.0 Å². The summed E-state index contributed by atoms with van der Waals surface area (Å²) in [6.45, 7) is 3.65. The number of nitrogens with zero attached hydrogens (tertiary/aromatic N) is 5. The number of fused-ring (bicyclic) bond motifs is 1. The van der Waals surface area contributed by atoms with Crippen LogP contribution in [0.1, 0.15) is 33.9 Å². The summed E-state index contributed by atoms with van der Waals surface area (Å²) in [5.74, 6) is 0.953. The molecule has 2 aromatic heterocycles. The lowest BCUT2D eigenvalue weighted by molar-refractivity contribution is -0.138. The average Bonchev–Trinajstić information content (AvgIpc) is 3.52. The molecule has 1 amide bonds. The van der Waals surface area contributed by atoms with Gasteiger partial charge in [-0.1, -0.05) is 23.8 Å². The Balaban J connectivity index is 1.35.